The van der Waals surface area contributed by atoms with Gasteiger partial charge in [-0.15, -0.1) is 0 Å². The summed E-state index contributed by atoms with van der Waals surface area (Å²) in [7, 11) is 0. The molecular weight excluding hydrogens is 536 g/mol. The quantitative estimate of drug-likeness (QED) is 0.0995. The van der Waals surface area contributed by atoms with Gasteiger partial charge in [0.05, 0.1) is 18.5 Å². The van der Waals surface area contributed by atoms with E-state index in [1.54, 1.807) is 6.20 Å². The molecule has 0 bridgehead atoms. The Hall–Kier alpha value is -4.76. The number of carboxylic acids is 1. The summed E-state index contributed by atoms with van der Waals surface area (Å²) in [5.74, 6) is -4.44. The van der Waals surface area contributed by atoms with Gasteiger partial charge < -0.3 is 47.6 Å². The zero-order valence-electron chi connectivity index (χ0n) is 22.3. The van der Waals surface area contributed by atoms with E-state index in [1.165, 1.54) is 19.4 Å². The van der Waals surface area contributed by atoms with E-state index in [0.29, 0.717) is 11.3 Å². The first-order valence-electron chi connectivity index (χ1n) is 12.8. The average Bonchev–Trinajstić information content (AvgIpc) is 3.59. The lowest BCUT2D eigenvalue weighted by Crippen LogP contribution is -2.59. The SMILES string of the molecule is CC(O)C(NC(=O)C(Cc1cnc[nH]1)NC(=O)C(Cc1c[nH]c2ccccc12)NC(=O)C(N)CCC(N)=O)C(=O)O. The topological polar surface area (TPSA) is 258 Å². The van der Waals surface area contributed by atoms with Crippen LogP contribution in [0.2, 0.25) is 0 Å². The van der Waals surface area contributed by atoms with Crippen LogP contribution in [-0.4, -0.2) is 85.0 Å². The standard InChI is InChI=1S/C26H34N8O7/c1-13(35)22(26(40)41)34-25(39)20(9-15-11-29-12-31-15)33-24(38)19(32-23(37)17(27)6-7-21(28)36)8-14-10-30-18-5-3-2-4-16(14)18/h2-5,10-13,17,19-20,22,30,35H,6-9,27H2,1H3,(H2,28,36)(H,29,31)(H,32,37)(H,33,38)(H,34,39)(H,40,41). The number of aliphatic carboxylic acids is 1. The molecule has 0 radical (unpaired) electrons. The Morgan fingerprint density at radius 3 is 2.27 bits per heavy atom. The minimum atomic E-state index is -1.63. The van der Waals surface area contributed by atoms with Crippen LogP contribution in [0.15, 0.2) is 43.0 Å². The molecule has 0 aliphatic heterocycles. The molecule has 11 N–H and O–H groups in total. The molecule has 0 saturated heterocycles. The molecule has 1 aromatic carbocycles. The number of carboxylic acid groups (broad SMARTS) is 1. The number of carbonyl (C=O) groups excluding carboxylic acids is 4. The van der Waals surface area contributed by atoms with E-state index in [9.17, 15) is 34.2 Å². The van der Waals surface area contributed by atoms with Gasteiger partial charge in [-0.2, -0.15) is 0 Å². The lowest BCUT2D eigenvalue weighted by Gasteiger charge is -2.25. The first-order valence-corrected chi connectivity index (χ1v) is 12.8. The number of aromatic amines is 2. The van der Waals surface area contributed by atoms with Gasteiger partial charge in [-0.3, -0.25) is 19.2 Å². The van der Waals surface area contributed by atoms with Crippen LogP contribution in [0.5, 0.6) is 0 Å². The maximum Gasteiger partial charge on any atom is 0.328 e. The second-order valence-corrected chi connectivity index (χ2v) is 9.64. The summed E-state index contributed by atoms with van der Waals surface area (Å²) < 4.78 is 0. The number of aliphatic hydroxyl groups excluding tert-OH is 1. The number of rotatable bonds is 15. The van der Waals surface area contributed by atoms with Gasteiger partial charge in [0, 0.05) is 48.3 Å². The largest absolute Gasteiger partial charge is 0.480 e. The molecule has 15 heteroatoms. The molecule has 0 aliphatic carbocycles. The summed E-state index contributed by atoms with van der Waals surface area (Å²) in [4.78, 5) is 72.1. The van der Waals surface area contributed by atoms with Crippen molar-refractivity contribution >= 4 is 40.5 Å². The van der Waals surface area contributed by atoms with E-state index in [4.69, 9.17) is 11.5 Å². The zero-order chi connectivity index (χ0) is 30.1. The van der Waals surface area contributed by atoms with Crippen LogP contribution < -0.4 is 27.4 Å². The summed E-state index contributed by atoms with van der Waals surface area (Å²) in [6.45, 7) is 1.20. The number of para-hydroxylation sites is 1. The van der Waals surface area contributed by atoms with E-state index in [1.807, 2.05) is 24.3 Å². The van der Waals surface area contributed by atoms with Crippen LogP contribution in [-0.2, 0) is 36.8 Å². The fraction of sp³-hybridized carbons (Fsp3) is 0.385. The molecule has 0 saturated carbocycles. The molecule has 5 unspecified atom stereocenters. The van der Waals surface area contributed by atoms with Crippen LogP contribution in [0.4, 0.5) is 0 Å². The molecule has 3 aromatic rings. The van der Waals surface area contributed by atoms with E-state index >= 15 is 0 Å². The minimum Gasteiger partial charge on any atom is -0.480 e. The van der Waals surface area contributed by atoms with Crippen molar-refractivity contribution in [2.75, 3.05) is 0 Å². The Bertz CT molecular complexity index is 1370. The lowest BCUT2D eigenvalue weighted by atomic mass is 10.0. The number of nitrogens with zero attached hydrogens (tertiary/aromatic N) is 1. The summed E-state index contributed by atoms with van der Waals surface area (Å²) in [6, 6.07) is 2.05. The van der Waals surface area contributed by atoms with Crippen molar-refractivity contribution in [1.29, 1.82) is 0 Å². The highest BCUT2D eigenvalue weighted by Crippen LogP contribution is 2.19. The van der Waals surface area contributed by atoms with Gasteiger partial charge in [0.1, 0.15) is 12.1 Å². The van der Waals surface area contributed by atoms with Crippen molar-refractivity contribution in [2.45, 2.75) is 62.9 Å². The molecule has 4 amide bonds. The summed E-state index contributed by atoms with van der Waals surface area (Å²) in [5.41, 5.74) is 13.0. The van der Waals surface area contributed by atoms with Crippen LogP contribution in [0.25, 0.3) is 10.9 Å². The molecule has 220 valence electrons. The molecule has 0 fully saturated rings. The Kier molecular flexibility index (Phi) is 10.5. The number of hydrogen-bond donors (Lipinski definition) is 9. The third-order valence-corrected chi connectivity index (χ3v) is 6.43. The third kappa shape index (κ3) is 8.61. The Morgan fingerprint density at radius 1 is 0.976 bits per heavy atom. The number of nitrogens with two attached hydrogens (primary N) is 2. The van der Waals surface area contributed by atoms with Crippen LogP contribution in [0.1, 0.15) is 31.0 Å². The molecule has 0 spiro atoms. The number of imidazole rings is 1. The minimum absolute atomic E-state index is 0.00788. The number of fused-ring (bicyclic) bond motifs is 1. The highest BCUT2D eigenvalue weighted by molar-refractivity contribution is 5.95. The van der Waals surface area contributed by atoms with Gasteiger partial charge in [0.15, 0.2) is 6.04 Å². The second-order valence-electron chi connectivity index (χ2n) is 9.64. The number of H-pyrrole nitrogens is 2. The van der Waals surface area contributed by atoms with Gasteiger partial charge in [-0.05, 0) is 25.0 Å². The number of carbonyl (C=O) groups is 5. The molecule has 0 aliphatic rings. The number of amides is 4. The van der Waals surface area contributed by atoms with Gasteiger partial charge in [0.2, 0.25) is 23.6 Å². The van der Waals surface area contributed by atoms with Gasteiger partial charge in [-0.1, -0.05) is 18.2 Å². The number of aliphatic hydroxyl groups is 1. The number of hydrogen-bond acceptors (Lipinski definition) is 8. The highest BCUT2D eigenvalue weighted by Gasteiger charge is 2.32. The zero-order valence-corrected chi connectivity index (χ0v) is 22.3. The normalized spacial score (nSPS) is 14.8. The van der Waals surface area contributed by atoms with E-state index < -0.39 is 59.9 Å². The van der Waals surface area contributed by atoms with Crippen LogP contribution >= 0.6 is 0 Å². The van der Waals surface area contributed by atoms with Crippen molar-refractivity contribution < 1.29 is 34.2 Å². The molecule has 5 atom stereocenters. The Morgan fingerprint density at radius 2 is 1.63 bits per heavy atom. The summed E-state index contributed by atoms with van der Waals surface area (Å²) in [5, 5.41) is 27.4. The number of primary amides is 1. The first-order chi connectivity index (χ1) is 19.5. The number of aromatic nitrogens is 3. The maximum atomic E-state index is 13.6. The maximum absolute atomic E-state index is 13.6. The smallest absolute Gasteiger partial charge is 0.328 e. The van der Waals surface area contributed by atoms with E-state index in [-0.39, 0.29) is 25.7 Å². The third-order valence-electron chi connectivity index (χ3n) is 6.43. The lowest BCUT2D eigenvalue weighted by molar-refractivity contribution is -0.145. The van der Waals surface area contributed by atoms with Crippen molar-refractivity contribution in [1.82, 2.24) is 30.9 Å². The molecule has 15 nitrogen and oxygen atoms in total. The molecule has 41 heavy (non-hydrogen) atoms. The monoisotopic (exact) mass is 570 g/mol. The second kappa shape index (κ2) is 14.0. The fourth-order valence-corrected chi connectivity index (χ4v) is 4.18. The Balaban J connectivity index is 1.86. The average molecular weight is 571 g/mol. The predicted molar refractivity (Wildman–Crippen MR) is 146 cm³/mol. The van der Waals surface area contributed by atoms with Crippen molar-refractivity contribution in [3.8, 4) is 0 Å². The highest BCUT2D eigenvalue weighted by atomic mass is 16.4. The van der Waals surface area contributed by atoms with Crippen molar-refractivity contribution in [3.05, 3.63) is 54.2 Å². The van der Waals surface area contributed by atoms with Gasteiger partial charge >= 0.3 is 5.97 Å². The van der Waals surface area contributed by atoms with Gasteiger partial charge in [-0.25, -0.2) is 9.78 Å². The van der Waals surface area contributed by atoms with E-state index in [2.05, 4.69) is 30.9 Å². The Labute approximate surface area is 234 Å². The summed E-state index contributed by atoms with van der Waals surface area (Å²) >= 11 is 0. The van der Waals surface area contributed by atoms with Crippen LogP contribution in [0, 0.1) is 0 Å². The molecule has 3 rings (SSSR count). The van der Waals surface area contributed by atoms with Crippen molar-refractivity contribution in [2.24, 2.45) is 11.5 Å². The first kappa shape index (κ1) is 30.8. The van der Waals surface area contributed by atoms with E-state index in [0.717, 1.165) is 10.9 Å². The summed E-state index contributed by atoms with van der Waals surface area (Å²) in [6.07, 6.45) is 2.81. The van der Waals surface area contributed by atoms with Gasteiger partial charge in [0.25, 0.3) is 0 Å². The molecule has 2 aromatic heterocycles. The fourth-order valence-electron chi connectivity index (χ4n) is 4.18. The number of nitrogens with one attached hydrogen (secondary N) is 5. The molecular formula is C26H34N8O7. The van der Waals surface area contributed by atoms with Crippen molar-refractivity contribution in [3.63, 3.8) is 0 Å². The predicted octanol–water partition coefficient (Wildman–Crippen LogP) is -1.81. The van der Waals surface area contributed by atoms with Crippen LogP contribution in [0.3, 0.4) is 0 Å². The number of benzene rings is 1. The molecule has 2 heterocycles.